The van der Waals surface area contributed by atoms with Crippen LogP contribution in [0.4, 0.5) is 13.2 Å². The number of carbonyl (C=O) groups excluding carboxylic acids is 1. The van der Waals surface area contributed by atoms with Crippen molar-refractivity contribution in [2.45, 2.75) is 26.4 Å². The predicted molar refractivity (Wildman–Crippen MR) is 74.6 cm³/mol. The molecule has 0 radical (unpaired) electrons. The molecule has 1 amide bonds. The molecular weight excluding hydrogens is 297 g/mol. The minimum atomic E-state index is -4.47. The SMILES string of the molecule is CC1CC(C)CN(C(=O)c2cccnc2OCC(F)(F)F)C1. The smallest absolute Gasteiger partial charge is 0.422 e. The molecule has 0 bridgehead atoms. The Bertz CT molecular complexity index is 524. The first-order chi connectivity index (χ1) is 10.3. The minimum Gasteiger partial charge on any atom is -0.467 e. The van der Waals surface area contributed by atoms with Crippen LogP contribution < -0.4 is 4.74 Å². The van der Waals surface area contributed by atoms with E-state index in [4.69, 9.17) is 0 Å². The molecule has 2 heterocycles. The number of halogens is 3. The number of hydrogen-bond acceptors (Lipinski definition) is 3. The number of likely N-dealkylation sites (tertiary alicyclic amines) is 1. The van der Waals surface area contributed by atoms with Crippen molar-refractivity contribution < 1.29 is 22.7 Å². The van der Waals surface area contributed by atoms with Crippen LogP contribution in [0.1, 0.15) is 30.6 Å². The molecule has 0 saturated carbocycles. The topological polar surface area (TPSA) is 42.4 Å². The molecule has 0 aromatic carbocycles. The molecule has 1 aliphatic heterocycles. The summed E-state index contributed by atoms with van der Waals surface area (Å²) in [6.45, 7) is 3.84. The summed E-state index contributed by atoms with van der Waals surface area (Å²) in [5.74, 6) is 0.132. The van der Waals surface area contributed by atoms with Crippen LogP contribution in [0, 0.1) is 11.8 Å². The van der Waals surface area contributed by atoms with Gasteiger partial charge in [-0.2, -0.15) is 13.2 Å². The lowest BCUT2D eigenvalue weighted by Gasteiger charge is -2.35. The number of amides is 1. The number of ether oxygens (including phenoxy) is 1. The van der Waals surface area contributed by atoms with Crippen molar-refractivity contribution in [2.75, 3.05) is 19.7 Å². The van der Waals surface area contributed by atoms with Gasteiger partial charge in [-0.15, -0.1) is 0 Å². The zero-order chi connectivity index (χ0) is 16.3. The quantitative estimate of drug-likeness (QED) is 0.860. The normalized spacial score (nSPS) is 22.5. The van der Waals surface area contributed by atoms with Gasteiger partial charge < -0.3 is 9.64 Å². The van der Waals surface area contributed by atoms with Gasteiger partial charge in [-0.1, -0.05) is 13.8 Å². The van der Waals surface area contributed by atoms with E-state index < -0.39 is 12.8 Å². The number of piperidine rings is 1. The van der Waals surface area contributed by atoms with E-state index in [1.54, 1.807) is 4.90 Å². The van der Waals surface area contributed by atoms with Gasteiger partial charge in [0.15, 0.2) is 6.61 Å². The van der Waals surface area contributed by atoms with Gasteiger partial charge in [-0.3, -0.25) is 4.79 Å². The van der Waals surface area contributed by atoms with Crippen molar-refractivity contribution in [2.24, 2.45) is 11.8 Å². The van der Waals surface area contributed by atoms with Crippen LogP contribution in [-0.4, -0.2) is 41.7 Å². The molecule has 0 aliphatic carbocycles. The first kappa shape index (κ1) is 16.6. The highest BCUT2D eigenvalue weighted by Crippen LogP contribution is 2.25. The van der Waals surface area contributed by atoms with Gasteiger partial charge in [-0.25, -0.2) is 4.98 Å². The maximum Gasteiger partial charge on any atom is 0.422 e. The standard InChI is InChI=1S/C15H19F3N2O2/c1-10-6-11(2)8-20(7-10)14(21)12-4-3-5-19-13(12)22-9-15(16,17)18/h3-5,10-11H,6-9H2,1-2H3. The van der Waals surface area contributed by atoms with E-state index in [9.17, 15) is 18.0 Å². The molecule has 1 aromatic rings. The average Bonchev–Trinajstić information content (AvgIpc) is 2.43. The van der Waals surface area contributed by atoms with Crippen molar-refractivity contribution in [1.29, 1.82) is 0 Å². The molecule has 1 aromatic heterocycles. The summed E-state index contributed by atoms with van der Waals surface area (Å²) in [5, 5.41) is 0. The van der Waals surface area contributed by atoms with E-state index in [2.05, 4.69) is 23.6 Å². The summed E-state index contributed by atoms with van der Waals surface area (Å²) in [6, 6.07) is 2.97. The van der Waals surface area contributed by atoms with Crippen LogP contribution in [-0.2, 0) is 0 Å². The van der Waals surface area contributed by atoms with Crippen molar-refractivity contribution >= 4 is 5.91 Å². The molecule has 2 unspecified atom stereocenters. The summed E-state index contributed by atoms with van der Waals surface area (Å²) in [5.41, 5.74) is 0.0769. The minimum absolute atomic E-state index is 0.0769. The third-order valence-electron chi connectivity index (χ3n) is 3.53. The molecule has 2 rings (SSSR count). The van der Waals surface area contributed by atoms with Crippen molar-refractivity contribution in [3.63, 3.8) is 0 Å². The van der Waals surface area contributed by atoms with E-state index in [-0.39, 0.29) is 17.4 Å². The largest absolute Gasteiger partial charge is 0.467 e. The number of hydrogen-bond donors (Lipinski definition) is 0. The molecule has 0 N–H and O–H groups in total. The molecule has 122 valence electrons. The monoisotopic (exact) mass is 316 g/mol. The van der Waals surface area contributed by atoms with Crippen molar-refractivity contribution in [1.82, 2.24) is 9.88 Å². The van der Waals surface area contributed by atoms with E-state index in [1.165, 1.54) is 18.3 Å². The Morgan fingerprint density at radius 1 is 1.36 bits per heavy atom. The maximum atomic E-state index is 12.6. The Morgan fingerprint density at radius 2 is 2.00 bits per heavy atom. The highest BCUT2D eigenvalue weighted by Gasteiger charge is 2.31. The van der Waals surface area contributed by atoms with Gasteiger partial charge in [0, 0.05) is 19.3 Å². The first-order valence-corrected chi connectivity index (χ1v) is 7.20. The molecule has 1 fully saturated rings. The van der Waals surface area contributed by atoms with Gasteiger partial charge in [-0.05, 0) is 30.4 Å². The molecule has 2 atom stereocenters. The lowest BCUT2D eigenvalue weighted by Crippen LogP contribution is -2.42. The Balaban J connectivity index is 2.15. The van der Waals surface area contributed by atoms with Gasteiger partial charge >= 0.3 is 6.18 Å². The predicted octanol–water partition coefficient (Wildman–Crippen LogP) is 3.14. The zero-order valence-corrected chi connectivity index (χ0v) is 12.6. The summed E-state index contributed by atoms with van der Waals surface area (Å²) in [6.07, 6.45) is -2.12. The van der Waals surface area contributed by atoms with Crippen LogP contribution >= 0.6 is 0 Å². The molecule has 22 heavy (non-hydrogen) atoms. The van der Waals surface area contributed by atoms with E-state index >= 15 is 0 Å². The molecular formula is C15H19F3N2O2. The fourth-order valence-corrected chi connectivity index (χ4v) is 2.82. The Hall–Kier alpha value is -1.79. The van der Waals surface area contributed by atoms with Crippen LogP contribution in [0.2, 0.25) is 0 Å². The summed E-state index contributed by atoms with van der Waals surface area (Å²) < 4.78 is 41.5. The summed E-state index contributed by atoms with van der Waals surface area (Å²) >= 11 is 0. The van der Waals surface area contributed by atoms with Crippen molar-refractivity contribution in [3.8, 4) is 5.88 Å². The van der Waals surface area contributed by atoms with E-state index in [0.717, 1.165) is 6.42 Å². The number of aromatic nitrogens is 1. The third-order valence-corrected chi connectivity index (χ3v) is 3.53. The summed E-state index contributed by atoms with van der Waals surface area (Å²) in [7, 11) is 0. The number of nitrogens with zero attached hydrogens (tertiary/aromatic N) is 2. The second-order valence-corrected chi connectivity index (χ2v) is 5.92. The molecule has 4 nitrogen and oxygen atoms in total. The summed E-state index contributed by atoms with van der Waals surface area (Å²) in [4.78, 5) is 18.0. The Labute approximate surface area is 127 Å². The van der Waals surface area contributed by atoms with Gasteiger partial charge in [0.2, 0.25) is 5.88 Å². The fraction of sp³-hybridized carbons (Fsp3) is 0.600. The molecule has 1 aliphatic rings. The van der Waals surface area contributed by atoms with Crippen LogP contribution in [0.15, 0.2) is 18.3 Å². The van der Waals surface area contributed by atoms with E-state index in [0.29, 0.717) is 24.9 Å². The van der Waals surface area contributed by atoms with Crippen LogP contribution in [0.25, 0.3) is 0 Å². The second-order valence-electron chi connectivity index (χ2n) is 5.92. The maximum absolute atomic E-state index is 12.6. The van der Waals surface area contributed by atoms with Gasteiger partial charge in [0.25, 0.3) is 5.91 Å². The number of carbonyl (C=O) groups is 1. The average molecular weight is 316 g/mol. The Kier molecular flexibility index (Phi) is 4.93. The Morgan fingerprint density at radius 3 is 2.59 bits per heavy atom. The number of pyridine rings is 1. The third kappa shape index (κ3) is 4.35. The van der Waals surface area contributed by atoms with Crippen LogP contribution in [0.3, 0.4) is 0 Å². The van der Waals surface area contributed by atoms with Crippen LogP contribution in [0.5, 0.6) is 5.88 Å². The number of alkyl halides is 3. The lowest BCUT2D eigenvalue weighted by molar-refractivity contribution is -0.154. The van der Waals surface area contributed by atoms with Gasteiger partial charge in [0.05, 0.1) is 0 Å². The zero-order valence-electron chi connectivity index (χ0n) is 12.6. The van der Waals surface area contributed by atoms with Gasteiger partial charge in [0.1, 0.15) is 5.56 Å². The lowest BCUT2D eigenvalue weighted by atomic mass is 9.91. The molecule has 0 spiro atoms. The van der Waals surface area contributed by atoms with E-state index in [1.807, 2.05) is 0 Å². The molecule has 1 saturated heterocycles. The molecule has 7 heteroatoms. The second kappa shape index (κ2) is 6.54. The highest BCUT2D eigenvalue weighted by molar-refractivity contribution is 5.96. The number of rotatable bonds is 3. The fourth-order valence-electron chi connectivity index (χ4n) is 2.82. The van der Waals surface area contributed by atoms with Crippen molar-refractivity contribution in [3.05, 3.63) is 23.9 Å². The first-order valence-electron chi connectivity index (χ1n) is 7.20. The highest BCUT2D eigenvalue weighted by atomic mass is 19.4.